The Morgan fingerprint density at radius 3 is 2.79 bits per heavy atom. The van der Waals surface area contributed by atoms with Crippen LogP contribution in [0.2, 0.25) is 0 Å². The zero-order chi connectivity index (χ0) is 14.0. The molecule has 0 amide bonds. The van der Waals surface area contributed by atoms with Gasteiger partial charge in [-0.1, -0.05) is 5.16 Å². The third-order valence-electron chi connectivity index (χ3n) is 2.55. The minimum Gasteiger partial charge on any atom is -0.456 e. The average Bonchev–Trinajstić information content (AvgIpc) is 2.70. The number of hydrogen-bond acceptors (Lipinski definition) is 4. The number of benzene rings is 1. The van der Waals surface area contributed by atoms with Crippen LogP contribution in [-0.4, -0.2) is 28.0 Å². The van der Waals surface area contributed by atoms with Crippen LogP contribution < -0.4 is 0 Å². The van der Waals surface area contributed by atoms with Gasteiger partial charge >= 0.3 is 5.97 Å². The zero-order valence-electron chi connectivity index (χ0n) is 11.1. The van der Waals surface area contributed by atoms with E-state index in [4.69, 9.17) is 9.94 Å². The van der Waals surface area contributed by atoms with Gasteiger partial charge in [-0.3, -0.25) is 0 Å². The summed E-state index contributed by atoms with van der Waals surface area (Å²) in [5, 5.41) is 12.4. The fourth-order valence-corrected chi connectivity index (χ4v) is 1.78. The summed E-state index contributed by atoms with van der Waals surface area (Å²) in [5.41, 5.74) is 1.51. The topological polar surface area (TPSA) is 74.7 Å². The summed E-state index contributed by atoms with van der Waals surface area (Å²) < 4.78 is 5.32. The lowest BCUT2D eigenvalue weighted by Gasteiger charge is -2.19. The van der Waals surface area contributed by atoms with Crippen LogP contribution in [0.15, 0.2) is 29.6 Å². The molecule has 1 aromatic heterocycles. The largest absolute Gasteiger partial charge is 0.456 e. The lowest BCUT2D eigenvalue weighted by molar-refractivity contribution is 0.00697. The number of ether oxygens (including phenoxy) is 1. The van der Waals surface area contributed by atoms with Gasteiger partial charge in [-0.2, -0.15) is 0 Å². The number of carbonyl (C=O) groups excluding carboxylic acids is 1. The molecule has 0 bridgehead atoms. The van der Waals surface area contributed by atoms with E-state index in [1.165, 1.54) is 6.21 Å². The summed E-state index contributed by atoms with van der Waals surface area (Å²) >= 11 is 0. The molecule has 0 fully saturated rings. The second kappa shape index (κ2) is 4.76. The highest BCUT2D eigenvalue weighted by molar-refractivity contribution is 6.02. The van der Waals surface area contributed by atoms with Crippen molar-refractivity contribution in [2.24, 2.45) is 5.16 Å². The number of hydrogen-bond donors (Lipinski definition) is 2. The molecule has 0 unspecified atom stereocenters. The van der Waals surface area contributed by atoms with Gasteiger partial charge in [0.25, 0.3) is 0 Å². The smallest absolute Gasteiger partial charge is 0.338 e. The summed E-state index contributed by atoms with van der Waals surface area (Å²) in [6.07, 6.45) is 3.03. The van der Waals surface area contributed by atoms with E-state index in [1.807, 2.05) is 20.8 Å². The monoisotopic (exact) mass is 260 g/mol. The molecule has 0 aliphatic rings. The molecule has 0 atom stereocenters. The van der Waals surface area contributed by atoms with Gasteiger partial charge < -0.3 is 14.9 Å². The first kappa shape index (κ1) is 13.1. The molecule has 0 saturated carbocycles. The van der Waals surface area contributed by atoms with E-state index in [1.54, 1.807) is 24.4 Å². The molecule has 1 aromatic carbocycles. The molecule has 0 spiro atoms. The van der Waals surface area contributed by atoms with E-state index in [0.29, 0.717) is 11.1 Å². The van der Waals surface area contributed by atoms with Gasteiger partial charge in [-0.05, 0) is 39.0 Å². The molecule has 5 heteroatoms. The standard InChI is InChI=1S/C14H16N2O3/c1-14(2,3)19-13(17)9-4-5-12-11(6-9)10(7-15-12)8-16-18/h4-8,15,18H,1-3H3/b16-8+. The van der Waals surface area contributed by atoms with Crippen LogP contribution in [0.1, 0.15) is 36.7 Å². The maximum atomic E-state index is 12.0. The van der Waals surface area contributed by atoms with Crippen molar-refractivity contribution in [3.63, 3.8) is 0 Å². The zero-order valence-corrected chi connectivity index (χ0v) is 11.1. The van der Waals surface area contributed by atoms with Crippen molar-refractivity contribution in [3.8, 4) is 0 Å². The second-order valence-corrected chi connectivity index (χ2v) is 5.25. The maximum absolute atomic E-state index is 12.0. The Morgan fingerprint density at radius 2 is 2.16 bits per heavy atom. The van der Waals surface area contributed by atoms with Crippen LogP contribution in [0.5, 0.6) is 0 Å². The number of carbonyl (C=O) groups is 1. The predicted molar refractivity (Wildman–Crippen MR) is 72.8 cm³/mol. The SMILES string of the molecule is CC(C)(C)OC(=O)c1ccc2[nH]cc(/C=N/O)c2c1. The number of oxime groups is 1. The molecular formula is C14H16N2O3. The molecule has 19 heavy (non-hydrogen) atoms. The number of esters is 1. The van der Waals surface area contributed by atoms with Gasteiger partial charge in [0.2, 0.25) is 0 Å². The molecule has 0 saturated heterocycles. The van der Waals surface area contributed by atoms with Crippen molar-refractivity contribution in [2.75, 3.05) is 0 Å². The summed E-state index contributed by atoms with van der Waals surface area (Å²) in [6, 6.07) is 5.22. The molecule has 100 valence electrons. The molecule has 1 heterocycles. The van der Waals surface area contributed by atoms with Gasteiger partial charge in [0.15, 0.2) is 0 Å². The molecule has 2 aromatic rings. The Balaban J connectivity index is 2.40. The lowest BCUT2D eigenvalue weighted by Crippen LogP contribution is -2.23. The van der Waals surface area contributed by atoms with Crippen molar-refractivity contribution in [1.29, 1.82) is 0 Å². The van der Waals surface area contributed by atoms with Crippen LogP contribution in [0.3, 0.4) is 0 Å². The number of rotatable bonds is 2. The van der Waals surface area contributed by atoms with Crippen molar-refractivity contribution in [1.82, 2.24) is 4.98 Å². The van der Waals surface area contributed by atoms with E-state index in [9.17, 15) is 4.79 Å². The maximum Gasteiger partial charge on any atom is 0.338 e. The highest BCUT2D eigenvalue weighted by Gasteiger charge is 2.18. The van der Waals surface area contributed by atoms with E-state index in [2.05, 4.69) is 10.1 Å². The third kappa shape index (κ3) is 2.93. The minimum atomic E-state index is -0.528. The van der Waals surface area contributed by atoms with Crippen LogP contribution >= 0.6 is 0 Å². The van der Waals surface area contributed by atoms with Crippen molar-refractivity contribution in [2.45, 2.75) is 26.4 Å². The van der Waals surface area contributed by atoms with Gasteiger partial charge in [0, 0.05) is 22.7 Å². The summed E-state index contributed by atoms with van der Waals surface area (Å²) in [6.45, 7) is 5.47. The first-order chi connectivity index (χ1) is 8.90. The Bertz CT molecular complexity index is 636. The minimum absolute atomic E-state index is 0.373. The molecule has 0 radical (unpaired) electrons. The number of nitrogens with zero attached hydrogens (tertiary/aromatic N) is 1. The van der Waals surface area contributed by atoms with Gasteiger partial charge in [-0.15, -0.1) is 0 Å². The molecule has 0 aliphatic heterocycles. The van der Waals surface area contributed by atoms with Crippen molar-refractivity contribution >= 4 is 23.1 Å². The molecule has 5 nitrogen and oxygen atoms in total. The molecular weight excluding hydrogens is 244 g/mol. The molecule has 2 rings (SSSR count). The second-order valence-electron chi connectivity index (χ2n) is 5.25. The number of aromatic nitrogens is 1. The first-order valence-corrected chi connectivity index (χ1v) is 5.92. The number of nitrogens with one attached hydrogen (secondary N) is 1. The highest BCUT2D eigenvalue weighted by atomic mass is 16.6. The first-order valence-electron chi connectivity index (χ1n) is 5.92. The average molecular weight is 260 g/mol. The van der Waals surface area contributed by atoms with E-state index >= 15 is 0 Å². The van der Waals surface area contributed by atoms with Crippen molar-refractivity contribution in [3.05, 3.63) is 35.5 Å². The lowest BCUT2D eigenvalue weighted by atomic mass is 10.1. The fraction of sp³-hybridized carbons (Fsp3) is 0.286. The Kier molecular flexibility index (Phi) is 3.29. The number of H-pyrrole nitrogens is 1. The normalized spacial score (nSPS) is 12.2. The highest BCUT2D eigenvalue weighted by Crippen LogP contribution is 2.20. The van der Waals surface area contributed by atoms with Crippen LogP contribution in [0.25, 0.3) is 10.9 Å². The number of fused-ring (bicyclic) bond motifs is 1. The Labute approximate surface area is 110 Å². The Hall–Kier alpha value is -2.30. The van der Waals surface area contributed by atoms with Gasteiger partial charge in [0.1, 0.15) is 5.60 Å². The van der Waals surface area contributed by atoms with Crippen LogP contribution in [0.4, 0.5) is 0 Å². The number of aromatic amines is 1. The predicted octanol–water partition coefficient (Wildman–Crippen LogP) is 2.93. The molecule has 2 N–H and O–H groups in total. The quantitative estimate of drug-likeness (QED) is 0.377. The fourth-order valence-electron chi connectivity index (χ4n) is 1.78. The summed E-state index contributed by atoms with van der Waals surface area (Å²) in [5.74, 6) is -0.373. The van der Waals surface area contributed by atoms with Crippen LogP contribution in [0, 0.1) is 0 Å². The van der Waals surface area contributed by atoms with E-state index < -0.39 is 5.60 Å². The Morgan fingerprint density at radius 1 is 1.42 bits per heavy atom. The molecule has 0 aliphatic carbocycles. The summed E-state index contributed by atoms with van der Waals surface area (Å²) in [4.78, 5) is 15.0. The van der Waals surface area contributed by atoms with Gasteiger partial charge in [-0.25, -0.2) is 4.79 Å². The third-order valence-corrected chi connectivity index (χ3v) is 2.55. The van der Waals surface area contributed by atoms with E-state index in [0.717, 1.165) is 10.9 Å². The van der Waals surface area contributed by atoms with E-state index in [-0.39, 0.29) is 5.97 Å². The van der Waals surface area contributed by atoms with Crippen LogP contribution in [-0.2, 0) is 4.74 Å². The van der Waals surface area contributed by atoms with Gasteiger partial charge in [0.05, 0.1) is 11.8 Å². The van der Waals surface area contributed by atoms with Crippen molar-refractivity contribution < 1.29 is 14.7 Å². The summed E-state index contributed by atoms with van der Waals surface area (Å²) in [7, 11) is 0.